The van der Waals surface area contributed by atoms with Crippen molar-refractivity contribution in [1.82, 2.24) is 14.5 Å². The Labute approximate surface area is 154 Å². The molecule has 0 radical (unpaired) electrons. The van der Waals surface area contributed by atoms with Crippen molar-refractivity contribution in [2.75, 3.05) is 39.8 Å². The van der Waals surface area contributed by atoms with Gasteiger partial charge in [-0.05, 0) is 42.9 Å². The third-order valence-electron chi connectivity index (χ3n) is 4.77. The van der Waals surface area contributed by atoms with Gasteiger partial charge in [0.05, 0.1) is 4.90 Å². The molecule has 2 aromatic carbocycles. The number of fused-ring (bicyclic) bond motifs is 1. The lowest BCUT2D eigenvalue weighted by Gasteiger charge is -2.34. The molecule has 0 aliphatic carbocycles. The van der Waals surface area contributed by atoms with Gasteiger partial charge in [0.25, 0.3) is 0 Å². The van der Waals surface area contributed by atoms with E-state index in [1.807, 2.05) is 37.4 Å². The second-order valence-electron chi connectivity index (χ2n) is 6.50. The van der Waals surface area contributed by atoms with Gasteiger partial charge in [0.1, 0.15) is 0 Å². The summed E-state index contributed by atoms with van der Waals surface area (Å²) in [4.78, 5) is 14.3. The van der Waals surface area contributed by atoms with E-state index in [4.69, 9.17) is 0 Å². The lowest BCUT2D eigenvalue weighted by molar-refractivity contribution is -0.132. The number of hydrogen-bond acceptors (Lipinski definition) is 4. The largest absolute Gasteiger partial charge is 0.340 e. The van der Waals surface area contributed by atoms with Crippen LogP contribution < -0.4 is 5.32 Å². The third-order valence-corrected chi connectivity index (χ3v) is 6.66. The maximum atomic E-state index is 12.9. The van der Waals surface area contributed by atoms with Crippen LogP contribution in [0, 0.1) is 0 Å². The summed E-state index contributed by atoms with van der Waals surface area (Å²) in [5.74, 6) is 0.100. The first kappa shape index (κ1) is 18.8. The number of carbonyl (C=O) groups is 1. The maximum absolute atomic E-state index is 12.9. The standard InChI is InChI=1S/C19H25N3O3S/c1-20-10-4-7-19(23)21-11-13-22(14-12-21)26(24,25)18-9-8-16-5-2-3-6-17(16)15-18/h2-3,5-6,8-9,15,20H,4,7,10-14H2,1H3. The number of nitrogens with one attached hydrogen (secondary N) is 1. The third kappa shape index (κ3) is 4.06. The van der Waals surface area contributed by atoms with Crippen LogP contribution in [0.25, 0.3) is 10.8 Å². The number of benzene rings is 2. The van der Waals surface area contributed by atoms with Crippen LogP contribution >= 0.6 is 0 Å². The Kier molecular flexibility index (Phi) is 5.90. The molecule has 1 fully saturated rings. The number of sulfonamides is 1. The summed E-state index contributed by atoms with van der Waals surface area (Å²) in [5, 5.41) is 4.95. The van der Waals surface area contributed by atoms with E-state index in [2.05, 4.69) is 5.32 Å². The van der Waals surface area contributed by atoms with Gasteiger partial charge in [-0.25, -0.2) is 8.42 Å². The van der Waals surface area contributed by atoms with Gasteiger partial charge in [0, 0.05) is 32.6 Å². The summed E-state index contributed by atoms with van der Waals surface area (Å²) >= 11 is 0. The smallest absolute Gasteiger partial charge is 0.243 e. The zero-order valence-corrected chi connectivity index (χ0v) is 15.8. The average Bonchev–Trinajstić information content (AvgIpc) is 2.67. The van der Waals surface area contributed by atoms with Crippen molar-refractivity contribution in [2.24, 2.45) is 0 Å². The van der Waals surface area contributed by atoms with Gasteiger partial charge < -0.3 is 10.2 Å². The fraction of sp³-hybridized carbons (Fsp3) is 0.421. The zero-order chi connectivity index (χ0) is 18.6. The van der Waals surface area contributed by atoms with E-state index in [9.17, 15) is 13.2 Å². The summed E-state index contributed by atoms with van der Waals surface area (Å²) in [6.45, 7) is 2.39. The molecule has 0 bridgehead atoms. The van der Waals surface area contributed by atoms with Crippen LogP contribution in [0.5, 0.6) is 0 Å². The molecule has 140 valence electrons. The minimum atomic E-state index is -3.54. The van der Waals surface area contributed by atoms with Gasteiger partial charge in [0.2, 0.25) is 15.9 Å². The quantitative estimate of drug-likeness (QED) is 0.780. The van der Waals surface area contributed by atoms with E-state index in [1.165, 1.54) is 4.31 Å². The number of rotatable bonds is 6. The highest BCUT2D eigenvalue weighted by Crippen LogP contribution is 2.23. The first-order chi connectivity index (χ1) is 12.5. The number of piperazine rings is 1. The van der Waals surface area contributed by atoms with Crippen molar-refractivity contribution in [3.63, 3.8) is 0 Å². The fourth-order valence-corrected chi connectivity index (χ4v) is 4.69. The highest BCUT2D eigenvalue weighted by molar-refractivity contribution is 7.89. The molecule has 7 heteroatoms. The molecule has 3 rings (SSSR count). The van der Waals surface area contributed by atoms with Gasteiger partial charge in [-0.1, -0.05) is 30.3 Å². The zero-order valence-electron chi connectivity index (χ0n) is 15.0. The van der Waals surface area contributed by atoms with Gasteiger partial charge >= 0.3 is 0 Å². The molecule has 0 aromatic heterocycles. The normalized spacial score (nSPS) is 16.1. The molecule has 0 atom stereocenters. The molecule has 2 aromatic rings. The summed E-state index contributed by atoms with van der Waals surface area (Å²) < 4.78 is 27.3. The lowest BCUT2D eigenvalue weighted by Crippen LogP contribution is -2.50. The van der Waals surface area contributed by atoms with Crippen molar-refractivity contribution < 1.29 is 13.2 Å². The Morgan fingerprint density at radius 3 is 2.42 bits per heavy atom. The van der Waals surface area contributed by atoms with Crippen LogP contribution in [0.2, 0.25) is 0 Å². The lowest BCUT2D eigenvalue weighted by atomic mass is 10.1. The van der Waals surface area contributed by atoms with Crippen LogP contribution in [0.1, 0.15) is 12.8 Å². The van der Waals surface area contributed by atoms with Crippen LogP contribution in [-0.4, -0.2) is 63.3 Å². The molecular weight excluding hydrogens is 350 g/mol. The maximum Gasteiger partial charge on any atom is 0.243 e. The second-order valence-corrected chi connectivity index (χ2v) is 8.44. The van der Waals surface area contributed by atoms with Crippen LogP contribution in [0.3, 0.4) is 0 Å². The van der Waals surface area contributed by atoms with Gasteiger partial charge in [-0.15, -0.1) is 0 Å². The van der Waals surface area contributed by atoms with Gasteiger partial charge in [-0.2, -0.15) is 4.31 Å². The fourth-order valence-electron chi connectivity index (χ4n) is 3.23. The molecule has 1 amide bonds. The SMILES string of the molecule is CNCCCC(=O)N1CCN(S(=O)(=O)c2ccc3ccccc3c2)CC1. The van der Waals surface area contributed by atoms with E-state index >= 15 is 0 Å². The van der Waals surface area contributed by atoms with E-state index in [1.54, 1.807) is 17.0 Å². The Morgan fingerprint density at radius 2 is 1.73 bits per heavy atom. The molecular formula is C19H25N3O3S. The number of amides is 1. The molecule has 1 aliphatic heterocycles. The molecule has 26 heavy (non-hydrogen) atoms. The predicted molar refractivity (Wildman–Crippen MR) is 102 cm³/mol. The molecule has 0 saturated carbocycles. The molecule has 1 saturated heterocycles. The predicted octanol–water partition coefficient (Wildman–Crippen LogP) is 1.67. The summed E-state index contributed by atoms with van der Waals surface area (Å²) in [7, 11) is -1.68. The van der Waals surface area contributed by atoms with Crippen molar-refractivity contribution in [1.29, 1.82) is 0 Å². The average molecular weight is 375 g/mol. The number of nitrogens with zero attached hydrogens (tertiary/aromatic N) is 2. The van der Waals surface area contributed by atoms with Crippen molar-refractivity contribution in [3.8, 4) is 0 Å². The van der Waals surface area contributed by atoms with Crippen molar-refractivity contribution in [2.45, 2.75) is 17.7 Å². The first-order valence-corrected chi connectivity index (χ1v) is 10.4. The monoisotopic (exact) mass is 375 g/mol. The highest BCUT2D eigenvalue weighted by Gasteiger charge is 2.29. The Bertz CT molecular complexity index is 874. The topological polar surface area (TPSA) is 69.7 Å². The Balaban J connectivity index is 1.66. The highest BCUT2D eigenvalue weighted by atomic mass is 32.2. The van der Waals surface area contributed by atoms with Crippen LogP contribution in [0.4, 0.5) is 0 Å². The van der Waals surface area contributed by atoms with E-state index in [-0.39, 0.29) is 5.91 Å². The minimum Gasteiger partial charge on any atom is -0.340 e. The van der Waals surface area contributed by atoms with Crippen molar-refractivity contribution >= 4 is 26.7 Å². The molecule has 1 heterocycles. The minimum absolute atomic E-state index is 0.100. The molecule has 6 nitrogen and oxygen atoms in total. The Hall–Kier alpha value is -1.96. The summed E-state index contributed by atoms with van der Waals surface area (Å²) in [6, 6.07) is 12.9. The number of hydrogen-bond donors (Lipinski definition) is 1. The Morgan fingerprint density at radius 1 is 1.04 bits per heavy atom. The van der Waals surface area contributed by atoms with Gasteiger partial charge in [-0.3, -0.25) is 4.79 Å². The summed E-state index contributed by atoms with van der Waals surface area (Å²) in [6.07, 6.45) is 1.29. The van der Waals surface area contributed by atoms with Crippen LogP contribution in [-0.2, 0) is 14.8 Å². The molecule has 1 N–H and O–H groups in total. The van der Waals surface area contributed by atoms with Gasteiger partial charge in [0.15, 0.2) is 0 Å². The summed E-state index contributed by atoms with van der Waals surface area (Å²) in [5.41, 5.74) is 0. The second kappa shape index (κ2) is 8.16. The molecule has 0 unspecified atom stereocenters. The van der Waals surface area contributed by atoms with Crippen LogP contribution in [0.15, 0.2) is 47.4 Å². The van der Waals surface area contributed by atoms with E-state index < -0.39 is 10.0 Å². The van der Waals surface area contributed by atoms with E-state index in [0.717, 1.165) is 23.7 Å². The van der Waals surface area contributed by atoms with Crippen molar-refractivity contribution in [3.05, 3.63) is 42.5 Å². The molecule has 0 spiro atoms. The first-order valence-electron chi connectivity index (χ1n) is 8.94. The number of carbonyl (C=O) groups excluding carboxylic acids is 1. The van der Waals surface area contributed by atoms with E-state index in [0.29, 0.717) is 37.5 Å². The molecule has 1 aliphatic rings.